The second-order valence-electron chi connectivity index (χ2n) is 9.04. The van der Waals surface area contributed by atoms with Crippen LogP contribution in [0.25, 0.3) is 0 Å². The lowest BCUT2D eigenvalue weighted by molar-refractivity contribution is 0.137. The van der Waals surface area contributed by atoms with Crippen molar-refractivity contribution >= 4 is 0 Å². The number of benzene rings is 1. The average molecular weight is 306 g/mol. The van der Waals surface area contributed by atoms with Crippen LogP contribution in [0.2, 0.25) is 0 Å². The van der Waals surface area contributed by atoms with E-state index in [1.807, 2.05) is 0 Å². The molecule has 1 atom stereocenters. The monoisotopic (exact) mass is 306 g/mol. The van der Waals surface area contributed by atoms with E-state index in [1.165, 1.54) is 5.56 Å². The average Bonchev–Trinajstić information content (AvgIpc) is 2.37. The number of phenols is 1. The molecule has 1 aromatic rings. The molecule has 1 unspecified atom stereocenters. The fourth-order valence-corrected chi connectivity index (χ4v) is 2.73. The Balaban J connectivity index is 3.48. The maximum atomic E-state index is 10.7. The summed E-state index contributed by atoms with van der Waals surface area (Å²) in [7, 11) is 0. The number of aliphatic hydroxyl groups excluding tert-OH is 1. The molecule has 0 spiro atoms. The van der Waals surface area contributed by atoms with Gasteiger partial charge in [0.05, 0.1) is 0 Å². The zero-order chi connectivity index (χ0) is 17.3. The van der Waals surface area contributed by atoms with Crippen LogP contribution in [0.3, 0.4) is 0 Å². The Hall–Kier alpha value is -1.02. The van der Waals surface area contributed by atoms with Crippen LogP contribution in [0, 0.1) is 5.41 Å². The first-order valence-electron chi connectivity index (χ1n) is 8.32. The fourth-order valence-electron chi connectivity index (χ4n) is 2.73. The highest BCUT2D eigenvalue weighted by molar-refractivity contribution is 5.50. The third-order valence-corrected chi connectivity index (χ3v) is 4.65. The molecule has 2 N–H and O–H groups in total. The number of hydrogen-bond acceptors (Lipinski definition) is 2. The van der Waals surface area contributed by atoms with Crippen LogP contribution in [0.1, 0.15) is 78.5 Å². The summed E-state index contributed by atoms with van der Waals surface area (Å²) in [4.78, 5) is 0. The van der Waals surface area contributed by atoms with Crippen molar-refractivity contribution in [1.82, 2.24) is 0 Å². The molecule has 2 heteroatoms. The molecule has 1 aromatic carbocycles. The highest BCUT2D eigenvalue weighted by Crippen LogP contribution is 2.41. The molecule has 0 aromatic heterocycles. The lowest BCUT2D eigenvalue weighted by Crippen LogP contribution is -2.24. The zero-order valence-electron chi connectivity index (χ0n) is 15.7. The molecular formula is C20H34O2. The molecule has 126 valence electrons. The molecule has 0 heterocycles. The first-order valence-corrected chi connectivity index (χ1v) is 8.32. The Morgan fingerprint density at radius 3 is 1.55 bits per heavy atom. The van der Waals surface area contributed by atoms with E-state index in [4.69, 9.17) is 0 Å². The molecule has 0 amide bonds. The van der Waals surface area contributed by atoms with Gasteiger partial charge < -0.3 is 10.2 Å². The summed E-state index contributed by atoms with van der Waals surface area (Å²) in [6.45, 7) is 17.2. The normalized spacial score (nSPS) is 15.7. The predicted molar refractivity (Wildman–Crippen MR) is 94.7 cm³/mol. The number of aliphatic hydroxyl groups is 1. The molecule has 0 radical (unpaired) electrons. The molecule has 0 aliphatic rings. The van der Waals surface area contributed by atoms with Crippen LogP contribution >= 0.6 is 0 Å². The third-order valence-electron chi connectivity index (χ3n) is 4.65. The maximum absolute atomic E-state index is 10.7. The smallest absolute Gasteiger partial charge is 0.123 e. The minimum Gasteiger partial charge on any atom is -0.507 e. The van der Waals surface area contributed by atoms with Gasteiger partial charge in [0, 0.05) is 6.61 Å². The van der Waals surface area contributed by atoms with Gasteiger partial charge in [0.2, 0.25) is 0 Å². The molecule has 2 nitrogen and oxygen atoms in total. The van der Waals surface area contributed by atoms with E-state index in [2.05, 4.69) is 67.5 Å². The van der Waals surface area contributed by atoms with Crippen LogP contribution < -0.4 is 0 Å². The third kappa shape index (κ3) is 4.25. The molecule has 0 saturated heterocycles. The highest BCUT2D eigenvalue weighted by Gasteiger charge is 2.28. The predicted octanol–water partition coefficient (Wildman–Crippen LogP) is 4.94. The molecule has 0 saturated carbocycles. The standard InChI is InChI=1S/C20H34O2/c1-9-20(8,13-21)12-14-10-15(18(2,3)4)17(22)16(11-14)19(5,6)7/h10-11,21-22H,9,12-13H2,1-8H3. The second kappa shape index (κ2) is 6.23. The van der Waals surface area contributed by atoms with Gasteiger partial charge in [0.15, 0.2) is 0 Å². The first kappa shape index (κ1) is 19.0. The molecular weight excluding hydrogens is 272 g/mol. The minimum atomic E-state index is -0.110. The van der Waals surface area contributed by atoms with Crippen molar-refractivity contribution < 1.29 is 10.2 Å². The minimum absolute atomic E-state index is 0.109. The van der Waals surface area contributed by atoms with E-state index in [9.17, 15) is 10.2 Å². The summed E-state index contributed by atoms with van der Waals surface area (Å²) in [6, 6.07) is 4.24. The number of rotatable bonds is 4. The Morgan fingerprint density at radius 2 is 1.27 bits per heavy atom. The molecule has 0 bridgehead atoms. The Bertz CT molecular complexity index is 476. The maximum Gasteiger partial charge on any atom is 0.123 e. The van der Waals surface area contributed by atoms with Gasteiger partial charge >= 0.3 is 0 Å². The summed E-state index contributed by atoms with van der Waals surface area (Å²) < 4.78 is 0. The van der Waals surface area contributed by atoms with Gasteiger partial charge in [-0.25, -0.2) is 0 Å². The van der Waals surface area contributed by atoms with Crippen molar-refractivity contribution in [3.8, 4) is 5.75 Å². The summed E-state index contributed by atoms with van der Waals surface area (Å²) in [6.07, 6.45) is 1.76. The largest absolute Gasteiger partial charge is 0.507 e. The lowest BCUT2D eigenvalue weighted by Gasteiger charge is -2.31. The van der Waals surface area contributed by atoms with Crippen molar-refractivity contribution in [3.05, 3.63) is 28.8 Å². The van der Waals surface area contributed by atoms with Crippen molar-refractivity contribution in [3.63, 3.8) is 0 Å². The number of phenolic OH excluding ortho intramolecular Hbond substituents is 1. The Labute approximate surface area is 136 Å². The van der Waals surface area contributed by atoms with Crippen LogP contribution in [0.15, 0.2) is 12.1 Å². The van der Waals surface area contributed by atoms with E-state index >= 15 is 0 Å². The molecule has 0 aliphatic heterocycles. The van der Waals surface area contributed by atoms with Gasteiger partial charge in [-0.3, -0.25) is 0 Å². The van der Waals surface area contributed by atoms with Gasteiger partial charge in [-0.05, 0) is 45.8 Å². The molecule has 1 rings (SSSR count). The van der Waals surface area contributed by atoms with E-state index in [-0.39, 0.29) is 22.9 Å². The van der Waals surface area contributed by atoms with Crippen LogP contribution in [-0.4, -0.2) is 16.8 Å². The van der Waals surface area contributed by atoms with Crippen molar-refractivity contribution in [2.45, 2.75) is 79.1 Å². The van der Waals surface area contributed by atoms with Gasteiger partial charge in [-0.15, -0.1) is 0 Å². The van der Waals surface area contributed by atoms with Crippen molar-refractivity contribution in [2.75, 3.05) is 6.61 Å². The fraction of sp³-hybridized carbons (Fsp3) is 0.700. The summed E-state index contributed by atoms with van der Waals surface area (Å²) in [5.41, 5.74) is 2.86. The van der Waals surface area contributed by atoms with E-state index < -0.39 is 0 Å². The van der Waals surface area contributed by atoms with Gasteiger partial charge in [0.25, 0.3) is 0 Å². The van der Waals surface area contributed by atoms with E-state index in [0.717, 1.165) is 24.0 Å². The number of hydrogen-bond donors (Lipinski definition) is 2. The van der Waals surface area contributed by atoms with Gasteiger partial charge in [0.1, 0.15) is 5.75 Å². The highest BCUT2D eigenvalue weighted by atomic mass is 16.3. The van der Waals surface area contributed by atoms with Crippen molar-refractivity contribution in [1.29, 1.82) is 0 Å². The van der Waals surface area contributed by atoms with E-state index in [1.54, 1.807) is 0 Å². The SMILES string of the molecule is CCC(C)(CO)Cc1cc(C(C)(C)C)c(O)c(C(C)(C)C)c1. The summed E-state index contributed by atoms with van der Waals surface area (Å²) in [5, 5.41) is 20.5. The summed E-state index contributed by atoms with van der Waals surface area (Å²) in [5.74, 6) is 0.422. The Morgan fingerprint density at radius 1 is 0.864 bits per heavy atom. The quantitative estimate of drug-likeness (QED) is 0.827. The van der Waals surface area contributed by atoms with Crippen LogP contribution in [-0.2, 0) is 17.3 Å². The molecule has 0 fully saturated rings. The molecule has 0 aliphatic carbocycles. The van der Waals surface area contributed by atoms with Gasteiger partial charge in [-0.2, -0.15) is 0 Å². The lowest BCUT2D eigenvalue weighted by atomic mass is 9.75. The number of aromatic hydroxyl groups is 1. The van der Waals surface area contributed by atoms with Crippen LogP contribution in [0.4, 0.5) is 0 Å². The topological polar surface area (TPSA) is 40.5 Å². The summed E-state index contributed by atoms with van der Waals surface area (Å²) >= 11 is 0. The zero-order valence-corrected chi connectivity index (χ0v) is 15.7. The first-order chi connectivity index (χ1) is 9.84. The van der Waals surface area contributed by atoms with E-state index in [0.29, 0.717) is 5.75 Å². The van der Waals surface area contributed by atoms with Crippen molar-refractivity contribution in [2.24, 2.45) is 5.41 Å². The second-order valence-corrected chi connectivity index (χ2v) is 9.04. The molecule has 22 heavy (non-hydrogen) atoms. The van der Waals surface area contributed by atoms with Gasteiger partial charge in [-0.1, -0.05) is 67.5 Å². The van der Waals surface area contributed by atoms with Crippen LogP contribution in [0.5, 0.6) is 5.75 Å². The Kier molecular flexibility index (Phi) is 5.39.